The minimum Gasteiger partial charge on any atom is -0.508 e. The molecule has 1 saturated heterocycles. The van der Waals surface area contributed by atoms with Crippen LogP contribution in [0.15, 0.2) is 42.5 Å². The number of carbonyl (C=O) groups is 1. The Kier molecular flexibility index (Phi) is 5.14. The summed E-state index contributed by atoms with van der Waals surface area (Å²) in [6.07, 6.45) is 1.76. The third kappa shape index (κ3) is 3.25. The number of carbonyl (C=O) groups excluding carboxylic acids is 1. The number of alkyl halides is 1. The molecule has 1 saturated carbocycles. The average Bonchev–Trinajstić information content (AvgIpc) is 2.96. The highest BCUT2D eigenvalue weighted by atomic mass is 127. The molecule has 2 fully saturated rings. The highest BCUT2D eigenvalue weighted by Gasteiger charge is 2.54. The van der Waals surface area contributed by atoms with E-state index in [2.05, 4.69) is 59.1 Å². The van der Waals surface area contributed by atoms with Gasteiger partial charge in [-0.25, -0.2) is 0 Å². The van der Waals surface area contributed by atoms with E-state index in [1.54, 1.807) is 12.1 Å². The quantitative estimate of drug-likeness (QED) is 0.443. The maximum Gasteiger partial charge on any atom is 0.226 e. The molecule has 2 aromatic carbocycles. The summed E-state index contributed by atoms with van der Waals surface area (Å²) in [6.45, 7) is 2.82. The van der Waals surface area contributed by atoms with Crippen molar-refractivity contribution in [3.63, 3.8) is 0 Å². The van der Waals surface area contributed by atoms with Gasteiger partial charge in [0.05, 0.1) is 5.41 Å². The molecular formula is C22H23ClINO2. The second kappa shape index (κ2) is 7.28. The Bertz CT molecular complexity index is 869. The third-order valence-electron chi connectivity index (χ3n) is 6.56. The Morgan fingerprint density at radius 1 is 1.26 bits per heavy atom. The van der Waals surface area contributed by atoms with Crippen molar-refractivity contribution in [3.8, 4) is 5.75 Å². The summed E-state index contributed by atoms with van der Waals surface area (Å²) in [4.78, 5) is 12.6. The molecule has 0 bridgehead atoms. The second-order valence-corrected chi connectivity index (χ2v) is 9.16. The first-order chi connectivity index (χ1) is 12.9. The van der Waals surface area contributed by atoms with Crippen LogP contribution in [0.3, 0.4) is 0 Å². The first-order valence-corrected chi connectivity index (χ1v) is 11.3. The number of nitrogens with one attached hydrogen (secondary N) is 1. The minimum atomic E-state index is -0.327. The van der Waals surface area contributed by atoms with Gasteiger partial charge in [-0.05, 0) is 59.4 Å². The van der Waals surface area contributed by atoms with Gasteiger partial charge in [0.1, 0.15) is 5.75 Å². The van der Waals surface area contributed by atoms with Gasteiger partial charge in [0, 0.05) is 16.0 Å². The molecule has 4 rings (SSSR count). The molecular weight excluding hydrogens is 473 g/mol. The fourth-order valence-corrected chi connectivity index (χ4v) is 5.82. The van der Waals surface area contributed by atoms with Crippen molar-refractivity contribution in [3.05, 3.63) is 64.2 Å². The number of phenolic OH excluding ortho intramolecular Hbond substituents is 1. The summed E-state index contributed by atoms with van der Waals surface area (Å²) < 4.78 is 0.983. The molecule has 142 valence electrons. The Hall–Kier alpha value is -1.27. The number of halogens is 2. The van der Waals surface area contributed by atoms with E-state index in [1.165, 1.54) is 11.1 Å². The Morgan fingerprint density at radius 3 is 2.67 bits per heavy atom. The first-order valence-electron chi connectivity index (χ1n) is 9.35. The topological polar surface area (TPSA) is 49.3 Å². The normalized spacial score (nSPS) is 30.0. The highest BCUT2D eigenvalue weighted by molar-refractivity contribution is 14.1. The van der Waals surface area contributed by atoms with Crippen LogP contribution in [0.4, 0.5) is 0 Å². The van der Waals surface area contributed by atoms with E-state index in [9.17, 15) is 9.90 Å². The van der Waals surface area contributed by atoms with E-state index >= 15 is 0 Å². The molecule has 0 spiro atoms. The van der Waals surface area contributed by atoms with Crippen molar-refractivity contribution in [1.29, 1.82) is 0 Å². The summed E-state index contributed by atoms with van der Waals surface area (Å²) in [6, 6.07) is 14.1. The molecule has 1 aliphatic heterocycles. The predicted octanol–water partition coefficient (Wildman–Crippen LogP) is 5.39. The molecule has 2 aliphatic rings. The van der Waals surface area contributed by atoms with Crippen molar-refractivity contribution in [1.82, 2.24) is 5.32 Å². The maximum atomic E-state index is 12.6. The SMILES string of the molecule is C[C@@]12CC[C@@H](c3ccc(O)cc3Cl)[C@H](c3ccc(CI)cc3)[C@@H]1CNC2=O. The van der Waals surface area contributed by atoms with Crippen molar-refractivity contribution in [2.24, 2.45) is 11.3 Å². The molecule has 1 heterocycles. The van der Waals surface area contributed by atoms with E-state index in [0.29, 0.717) is 11.6 Å². The van der Waals surface area contributed by atoms with Crippen molar-refractivity contribution in [2.45, 2.75) is 36.0 Å². The molecule has 3 nitrogen and oxygen atoms in total. The Morgan fingerprint density at radius 2 is 2.00 bits per heavy atom. The third-order valence-corrected chi connectivity index (χ3v) is 7.77. The highest BCUT2D eigenvalue weighted by Crippen LogP contribution is 2.57. The number of hydrogen-bond donors (Lipinski definition) is 2. The molecule has 1 aliphatic carbocycles. The summed E-state index contributed by atoms with van der Waals surface area (Å²) in [5.74, 6) is 1.04. The zero-order chi connectivity index (χ0) is 19.2. The van der Waals surface area contributed by atoms with Crippen LogP contribution in [0, 0.1) is 11.3 Å². The summed E-state index contributed by atoms with van der Waals surface area (Å²) in [5.41, 5.74) is 3.31. The fraction of sp³-hybridized carbons (Fsp3) is 0.409. The van der Waals surface area contributed by atoms with Crippen LogP contribution >= 0.6 is 34.2 Å². The van der Waals surface area contributed by atoms with Crippen molar-refractivity contribution in [2.75, 3.05) is 6.54 Å². The predicted molar refractivity (Wildman–Crippen MR) is 117 cm³/mol. The van der Waals surface area contributed by atoms with Crippen LogP contribution in [0.2, 0.25) is 5.02 Å². The lowest BCUT2D eigenvalue weighted by Crippen LogP contribution is -2.41. The van der Waals surface area contributed by atoms with E-state index in [0.717, 1.165) is 22.8 Å². The number of phenols is 1. The fourth-order valence-electron chi connectivity index (χ4n) is 5.00. The van der Waals surface area contributed by atoms with Gasteiger partial charge < -0.3 is 10.4 Å². The molecule has 4 atom stereocenters. The number of aromatic hydroxyl groups is 1. The van der Waals surface area contributed by atoms with Crippen LogP contribution in [0.1, 0.15) is 48.3 Å². The molecule has 2 aromatic rings. The Labute approximate surface area is 178 Å². The maximum absolute atomic E-state index is 12.6. The molecule has 0 aromatic heterocycles. The van der Waals surface area contributed by atoms with E-state index in [1.807, 2.05) is 6.07 Å². The largest absolute Gasteiger partial charge is 0.508 e. The van der Waals surface area contributed by atoms with Gasteiger partial charge in [-0.15, -0.1) is 0 Å². The lowest BCUT2D eigenvalue weighted by atomic mass is 9.57. The first kappa shape index (κ1) is 19.1. The summed E-state index contributed by atoms with van der Waals surface area (Å²) in [5, 5.41) is 13.5. The van der Waals surface area contributed by atoms with Crippen LogP contribution in [0.25, 0.3) is 0 Å². The molecule has 0 unspecified atom stereocenters. The smallest absolute Gasteiger partial charge is 0.226 e. The van der Waals surface area contributed by atoms with Crippen LogP contribution in [0.5, 0.6) is 5.75 Å². The summed E-state index contributed by atoms with van der Waals surface area (Å²) >= 11 is 8.90. The van der Waals surface area contributed by atoms with Gasteiger partial charge in [0.25, 0.3) is 0 Å². The summed E-state index contributed by atoms with van der Waals surface area (Å²) in [7, 11) is 0. The van der Waals surface area contributed by atoms with Crippen LogP contribution in [-0.4, -0.2) is 17.6 Å². The second-order valence-electron chi connectivity index (χ2n) is 7.99. The lowest BCUT2D eigenvalue weighted by molar-refractivity contribution is -0.129. The van der Waals surface area contributed by atoms with Crippen LogP contribution < -0.4 is 5.32 Å². The van der Waals surface area contributed by atoms with Crippen molar-refractivity contribution >= 4 is 40.1 Å². The van der Waals surface area contributed by atoms with Gasteiger partial charge in [0.2, 0.25) is 5.91 Å². The van der Waals surface area contributed by atoms with E-state index < -0.39 is 0 Å². The molecule has 1 amide bonds. The standard InChI is InChI=1S/C22H23ClINO2/c1-22-9-8-17(16-7-6-15(26)10-19(16)23)20(18(22)12-25-21(22)27)14-4-2-13(11-24)3-5-14/h2-7,10,17-18,20,26H,8-9,11-12H2,1H3,(H,25,27)/t17-,18-,20-,22+/m0/s1. The van der Waals surface area contributed by atoms with E-state index in [4.69, 9.17) is 11.6 Å². The molecule has 0 radical (unpaired) electrons. The molecule has 2 N–H and O–H groups in total. The van der Waals surface area contributed by atoms with Gasteiger partial charge in [-0.2, -0.15) is 0 Å². The van der Waals surface area contributed by atoms with Crippen LogP contribution in [-0.2, 0) is 9.22 Å². The number of hydrogen-bond acceptors (Lipinski definition) is 2. The number of benzene rings is 2. The van der Waals surface area contributed by atoms with Gasteiger partial charge in [-0.3, -0.25) is 4.79 Å². The van der Waals surface area contributed by atoms with Gasteiger partial charge in [0.15, 0.2) is 0 Å². The average molecular weight is 496 g/mol. The zero-order valence-corrected chi connectivity index (χ0v) is 18.1. The molecule has 27 heavy (non-hydrogen) atoms. The van der Waals surface area contributed by atoms with Gasteiger partial charge >= 0.3 is 0 Å². The van der Waals surface area contributed by atoms with Crippen molar-refractivity contribution < 1.29 is 9.90 Å². The number of fused-ring (bicyclic) bond motifs is 1. The van der Waals surface area contributed by atoms with E-state index in [-0.39, 0.29) is 34.8 Å². The minimum absolute atomic E-state index is 0.177. The number of amides is 1. The molecule has 5 heteroatoms. The zero-order valence-electron chi connectivity index (χ0n) is 15.2. The van der Waals surface area contributed by atoms with Gasteiger partial charge in [-0.1, -0.05) is 71.4 Å². The Balaban J connectivity index is 1.80. The monoisotopic (exact) mass is 495 g/mol. The number of rotatable bonds is 3. The lowest BCUT2D eigenvalue weighted by Gasteiger charge is -2.45.